The number of aryl methyl sites for hydroxylation is 6. The summed E-state index contributed by atoms with van der Waals surface area (Å²) in [6, 6.07) is 8.21. The highest BCUT2D eigenvalue weighted by atomic mass is 19.4. The van der Waals surface area contributed by atoms with E-state index < -0.39 is 24.1 Å². The minimum Gasteiger partial charge on any atom is -0.507 e. The van der Waals surface area contributed by atoms with Crippen molar-refractivity contribution in [1.82, 2.24) is 30.6 Å². The maximum Gasteiger partial charge on any atom is 0.471 e. The Morgan fingerprint density at radius 1 is 0.625 bits per heavy atom. The molecule has 0 aliphatic carbocycles. The molecule has 4 aromatic heterocycles. The van der Waals surface area contributed by atoms with E-state index in [1.165, 1.54) is 12.1 Å². The molecule has 0 atom stereocenters. The Labute approximate surface area is 314 Å². The van der Waals surface area contributed by atoms with Gasteiger partial charge in [-0.25, -0.2) is 0 Å². The van der Waals surface area contributed by atoms with Gasteiger partial charge in [0, 0.05) is 41.7 Å². The number of aliphatic hydroxyl groups excluding tert-OH is 1. The molecule has 0 saturated carbocycles. The second kappa shape index (κ2) is 17.3. The molecule has 20 heteroatoms. The third-order valence-electron chi connectivity index (χ3n) is 8.01. The average Bonchev–Trinajstić information content (AvgIpc) is 3.96. The Hall–Kier alpha value is -5.92. The summed E-state index contributed by atoms with van der Waals surface area (Å²) in [7, 11) is 0. The molecule has 4 heterocycles. The molecule has 300 valence electrons. The van der Waals surface area contributed by atoms with Gasteiger partial charge in [-0.15, -0.1) is 0 Å². The molecule has 0 aliphatic heterocycles. The molecular formula is C36H36F6N6O8. The maximum absolute atomic E-state index is 12.6. The van der Waals surface area contributed by atoms with E-state index in [0.717, 1.165) is 22.9 Å². The van der Waals surface area contributed by atoms with Gasteiger partial charge in [-0.05, 0) is 76.8 Å². The Morgan fingerprint density at radius 3 is 1.61 bits per heavy atom. The number of rotatable bonds is 13. The van der Waals surface area contributed by atoms with Gasteiger partial charge in [0.1, 0.15) is 28.8 Å². The first-order valence-corrected chi connectivity index (χ1v) is 16.9. The fourth-order valence-corrected chi connectivity index (χ4v) is 5.46. The van der Waals surface area contributed by atoms with Crippen LogP contribution in [0.4, 0.5) is 26.3 Å². The fraction of sp³-hybridized carbons (Fsp3) is 0.389. The number of alkyl halides is 6. The van der Waals surface area contributed by atoms with Crippen molar-refractivity contribution >= 4 is 0 Å². The minimum absolute atomic E-state index is 0.0405. The van der Waals surface area contributed by atoms with Crippen LogP contribution < -0.4 is 9.47 Å². The zero-order valence-corrected chi connectivity index (χ0v) is 30.6. The zero-order chi connectivity index (χ0) is 40.8. The Morgan fingerprint density at radius 2 is 1.12 bits per heavy atom. The normalized spacial score (nSPS) is 11.8. The molecule has 14 nitrogen and oxygen atoms in total. The van der Waals surface area contributed by atoms with Crippen molar-refractivity contribution in [3.05, 3.63) is 87.3 Å². The summed E-state index contributed by atoms with van der Waals surface area (Å²) in [5, 5.41) is 34.3. The van der Waals surface area contributed by atoms with Gasteiger partial charge in [0.15, 0.2) is 0 Å². The van der Waals surface area contributed by atoms with Gasteiger partial charge in [0.05, 0.1) is 36.8 Å². The monoisotopic (exact) mass is 794 g/mol. The lowest BCUT2D eigenvalue weighted by molar-refractivity contribution is -0.160. The molecule has 6 rings (SSSR count). The summed E-state index contributed by atoms with van der Waals surface area (Å²) < 4.78 is 106. The quantitative estimate of drug-likeness (QED) is 0.0840. The largest absolute Gasteiger partial charge is 0.507 e. The van der Waals surface area contributed by atoms with E-state index in [4.69, 9.17) is 18.5 Å². The Bertz CT molecular complexity index is 2240. The van der Waals surface area contributed by atoms with E-state index in [9.17, 15) is 36.6 Å². The van der Waals surface area contributed by atoms with E-state index >= 15 is 0 Å². The summed E-state index contributed by atoms with van der Waals surface area (Å²) in [6.45, 7) is 9.10. The number of aromatic nitrogens is 6. The van der Waals surface area contributed by atoms with Gasteiger partial charge >= 0.3 is 24.1 Å². The van der Waals surface area contributed by atoms with Gasteiger partial charge in [-0.2, -0.15) is 36.3 Å². The highest BCUT2D eigenvalue weighted by molar-refractivity contribution is 5.70. The molecule has 0 radical (unpaired) electrons. The lowest BCUT2D eigenvalue weighted by atomic mass is 10.0. The van der Waals surface area contributed by atoms with Crippen LogP contribution in [0.1, 0.15) is 69.8 Å². The second-order valence-corrected chi connectivity index (χ2v) is 12.6. The molecule has 0 fully saturated rings. The molecule has 0 spiro atoms. The van der Waals surface area contributed by atoms with Crippen LogP contribution in [0.15, 0.2) is 48.4 Å². The van der Waals surface area contributed by atoms with Crippen LogP contribution in [0.3, 0.4) is 0 Å². The van der Waals surface area contributed by atoms with Crippen LogP contribution in [0.2, 0.25) is 0 Å². The molecule has 6 aromatic rings. The summed E-state index contributed by atoms with van der Waals surface area (Å²) in [4.78, 5) is 6.68. The van der Waals surface area contributed by atoms with E-state index in [2.05, 4.69) is 39.6 Å². The van der Waals surface area contributed by atoms with Crippen molar-refractivity contribution in [3.63, 3.8) is 0 Å². The van der Waals surface area contributed by atoms with Crippen LogP contribution >= 0.6 is 0 Å². The van der Waals surface area contributed by atoms with Crippen molar-refractivity contribution < 1.29 is 64.1 Å². The number of hydrogen-bond acceptors (Lipinski definition) is 14. The predicted octanol–water partition coefficient (Wildman–Crippen LogP) is 8.25. The fourth-order valence-electron chi connectivity index (χ4n) is 5.46. The SMILES string of the molecule is Cc1cc(CCCOc2c(C)cc(-c3noc(C(F)(F)F)n3)c(O)c2C)on1.Cc1cc(CCCOc2c(C)cc(-c3noc(C(F)(F)F)n3)cc2CO)on1. The lowest BCUT2D eigenvalue weighted by Crippen LogP contribution is -2.05. The van der Waals surface area contributed by atoms with Crippen molar-refractivity contribution in [2.24, 2.45) is 0 Å². The predicted molar refractivity (Wildman–Crippen MR) is 181 cm³/mol. The molecule has 0 amide bonds. The summed E-state index contributed by atoms with van der Waals surface area (Å²) in [5.74, 6) is -1.27. The smallest absolute Gasteiger partial charge is 0.471 e. The van der Waals surface area contributed by atoms with Crippen LogP contribution in [0.25, 0.3) is 22.8 Å². The summed E-state index contributed by atoms with van der Waals surface area (Å²) in [6.07, 6.45) is -6.85. The minimum atomic E-state index is -4.75. The van der Waals surface area contributed by atoms with Gasteiger partial charge in [-0.3, -0.25) is 0 Å². The molecule has 0 bridgehead atoms. The number of halogens is 6. The van der Waals surface area contributed by atoms with E-state index in [0.29, 0.717) is 78.2 Å². The van der Waals surface area contributed by atoms with Crippen molar-refractivity contribution in [3.8, 4) is 40.0 Å². The first kappa shape index (κ1) is 41.2. The Balaban J connectivity index is 0.000000214. The highest BCUT2D eigenvalue weighted by Crippen LogP contribution is 2.40. The number of aliphatic hydroxyl groups is 1. The number of aromatic hydroxyl groups is 1. The van der Waals surface area contributed by atoms with Crippen LogP contribution in [-0.4, -0.2) is 54.0 Å². The third-order valence-corrected chi connectivity index (χ3v) is 8.01. The van der Waals surface area contributed by atoms with Crippen LogP contribution in [0.5, 0.6) is 17.2 Å². The number of phenols is 1. The summed E-state index contributed by atoms with van der Waals surface area (Å²) >= 11 is 0. The number of benzene rings is 2. The molecule has 56 heavy (non-hydrogen) atoms. The second-order valence-electron chi connectivity index (χ2n) is 12.6. The molecule has 2 N–H and O–H groups in total. The van der Waals surface area contributed by atoms with E-state index in [1.807, 2.05) is 26.0 Å². The molecule has 0 saturated heterocycles. The number of phenolic OH excluding ortho intramolecular Hbond substituents is 1. The van der Waals surface area contributed by atoms with Gasteiger partial charge in [0.2, 0.25) is 11.6 Å². The third kappa shape index (κ3) is 10.2. The molecular weight excluding hydrogens is 758 g/mol. The zero-order valence-electron chi connectivity index (χ0n) is 30.6. The Kier molecular flexibility index (Phi) is 12.7. The van der Waals surface area contributed by atoms with Gasteiger partial charge < -0.3 is 37.8 Å². The molecule has 0 aliphatic rings. The first-order chi connectivity index (χ1) is 26.4. The maximum atomic E-state index is 12.6. The number of ether oxygens (including phenoxy) is 2. The molecule has 2 aromatic carbocycles. The van der Waals surface area contributed by atoms with Crippen molar-refractivity contribution in [2.45, 2.75) is 79.3 Å². The van der Waals surface area contributed by atoms with E-state index in [-0.39, 0.29) is 29.6 Å². The van der Waals surface area contributed by atoms with Gasteiger partial charge in [-0.1, -0.05) is 20.6 Å². The number of hydrogen-bond donors (Lipinski definition) is 2. The number of nitrogens with zero attached hydrogens (tertiary/aromatic N) is 6. The van der Waals surface area contributed by atoms with Crippen molar-refractivity contribution in [1.29, 1.82) is 0 Å². The highest BCUT2D eigenvalue weighted by Gasteiger charge is 2.39. The van der Waals surface area contributed by atoms with Crippen LogP contribution in [0, 0.1) is 34.6 Å². The van der Waals surface area contributed by atoms with Crippen LogP contribution in [-0.2, 0) is 31.8 Å². The first-order valence-electron chi connectivity index (χ1n) is 16.9. The lowest BCUT2D eigenvalue weighted by Gasteiger charge is -2.15. The topological polar surface area (TPSA) is 189 Å². The van der Waals surface area contributed by atoms with Gasteiger partial charge in [0.25, 0.3) is 0 Å². The standard InChI is InChI=1S/2C18H18F3N3O4/c1-9-7-13(16-22-17(28-24-16)18(19,20)21)14(25)11(3)15(9)26-6-4-5-12-8-10(2)23-27-12;1-10-6-12(16-22-17(28-24-16)18(19,20)21)8-13(9-25)15(10)26-5-3-4-14-7-11(2)23-27-14/h7-8,25H,4-6H2,1-3H3;6-8,25H,3-5,9H2,1-2H3. The van der Waals surface area contributed by atoms with Crippen molar-refractivity contribution in [2.75, 3.05) is 13.2 Å². The summed E-state index contributed by atoms with van der Waals surface area (Å²) in [5.41, 5.74) is 4.00. The molecule has 0 unspecified atom stereocenters. The average molecular weight is 795 g/mol. The van der Waals surface area contributed by atoms with E-state index in [1.54, 1.807) is 26.8 Å².